The Kier molecular flexibility index (Phi) is 12.3. The summed E-state index contributed by atoms with van der Waals surface area (Å²) in [4.78, 5) is 23.6. The molecule has 8 nitrogen and oxygen atoms in total. The number of alkyl carbamates (subject to hydrolysis) is 2. The molecule has 0 radical (unpaired) electrons. The Balaban J connectivity index is 3.18. The molecule has 1 aromatic rings. The van der Waals surface area contributed by atoms with Crippen LogP contribution in [0.15, 0.2) is 37.8 Å². The predicted molar refractivity (Wildman–Crippen MR) is 114 cm³/mol. The van der Waals surface area contributed by atoms with E-state index in [1.165, 1.54) is 12.5 Å². The smallest absolute Gasteiger partial charge is 0.407 e. The Labute approximate surface area is 178 Å². The van der Waals surface area contributed by atoms with E-state index in [9.17, 15) is 9.59 Å². The van der Waals surface area contributed by atoms with Crippen LogP contribution in [0.5, 0.6) is 0 Å². The molecular weight excluding hydrogens is 388 g/mol. The number of benzene rings is 1. The molecule has 0 aliphatic rings. The van der Waals surface area contributed by atoms with Gasteiger partial charge in [-0.15, -0.1) is 0 Å². The molecule has 2 amide bonds. The lowest BCUT2D eigenvalue weighted by Gasteiger charge is -2.20. The second-order valence-electron chi connectivity index (χ2n) is 6.06. The molecule has 1 rings (SSSR count). The van der Waals surface area contributed by atoms with E-state index in [1.54, 1.807) is 13.8 Å². The maximum atomic E-state index is 11.8. The first-order valence-corrected chi connectivity index (χ1v) is 9.96. The van der Waals surface area contributed by atoms with Crippen molar-refractivity contribution in [3.8, 4) is 0 Å². The van der Waals surface area contributed by atoms with Gasteiger partial charge < -0.3 is 29.6 Å². The molecule has 1 aromatic carbocycles. The summed E-state index contributed by atoms with van der Waals surface area (Å²) in [6.07, 6.45) is 3.01. The molecule has 0 heterocycles. The summed E-state index contributed by atoms with van der Waals surface area (Å²) >= 11 is 0. The normalized spacial score (nSPS) is 9.93. The van der Waals surface area contributed by atoms with Gasteiger partial charge in [0.05, 0.1) is 39.0 Å². The van der Waals surface area contributed by atoms with Crippen LogP contribution in [-0.4, -0.2) is 38.6 Å². The van der Waals surface area contributed by atoms with Gasteiger partial charge in [0.15, 0.2) is 0 Å². The van der Waals surface area contributed by atoms with Gasteiger partial charge in [-0.05, 0) is 36.1 Å². The Morgan fingerprint density at radius 3 is 1.93 bits per heavy atom. The van der Waals surface area contributed by atoms with Gasteiger partial charge in [-0.1, -0.05) is 25.3 Å². The van der Waals surface area contributed by atoms with Crippen LogP contribution in [0.3, 0.4) is 0 Å². The number of rotatable bonds is 14. The standard InChI is InChI=1S/C22H32N2O6/c1-5-27-13-11-17-9-10-18(15-23-21(25)29-7-3)19(12-14-28-6-2)20(17)16-24-22(26)30-8-4/h5-6,9-10H,1-2,7-8,11-16H2,3-4H3,(H,23,25)(H,24,26). The first-order chi connectivity index (χ1) is 14.6. The summed E-state index contributed by atoms with van der Waals surface area (Å²) < 4.78 is 20.5. The minimum atomic E-state index is -0.492. The fraction of sp³-hybridized carbons (Fsp3) is 0.455. The highest BCUT2D eigenvalue weighted by molar-refractivity contribution is 5.68. The number of nitrogens with one attached hydrogen (secondary N) is 2. The number of amides is 2. The van der Waals surface area contributed by atoms with Crippen LogP contribution in [0.25, 0.3) is 0 Å². The van der Waals surface area contributed by atoms with Gasteiger partial charge in [0.2, 0.25) is 0 Å². The molecule has 0 aliphatic heterocycles. The van der Waals surface area contributed by atoms with E-state index < -0.39 is 12.2 Å². The molecule has 166 valence electrons. The van der Waals surface area contributed by atoms with Crippen LogP contribution in [0, 0.1) is 0 Å². The summed E-state index contributed by atoms with van der Waals surface area (Å²) in [6, 6.07) is 3.92. The van der Waals surface area contributed by atoms with E-state index in [1.807, 2.05) is 12.1 Å². The third-order valence-corrected chi connectivity index (χ3v) is 4.20. The van der Waals surface area contributed by atoms with Gasteiger partial charge in [-0.2, -0.15) is 0 Å². The molecule has 0 aromatic heterocycles. The van der Waals surface area contributed by atoms with Crippen molar-refractivity contribution in [3.63, 3.8) is 0 Å². The summed E-state index contributed by atoms with van der Waals surface area (Å²) in [7, 11) is 0. The number of hydrogen-bond acceptors (Lipinski definition) is 6. The van der Waals surface area contributed by atoms with Crippen molar-refractivity contribution in [2.24, 2.45) is 0 Å². The topological polar surface area (TPSA) is 95.1 Å². The molecule has 0 spiro atoms. The van der Waals surface area contributed by atoms with E-state index in [-0.39, 0.29) is 19.7 Å². The summed E-state index contributed by atoms with van der Waals surface area (Å²) in [6.45, 7) is 12.6. The average Bonchev–Trinajstić information content (AvgIpc) is 2.73. The van der Waals surface area contributed by atoms with Crippen molar-refractivity contribution >= 4 is 12.2 Å². The van der Waals surface area contributed by atoms with Crippen LogP contribution in [0.4, 0.5) is 9.59 Å². The zero-order valence-corrected chi connectivity index (χ0v) is 17.8. The minimum absolute atomic E-state index is 0.277. The summed E-state index contributed by atoms with van der Waals surface area (Å²) in [5.41, 5.74) is 3.83. The largest absolute Gasteiger partial charge is 0.501 e. The molecule has 8 heteroatoms. The fourth-order valence-corrected chi connectivity index (χ4v) is 2.91. The van der Waals surface area contributed by atoms with Crippen LogP contribution in [-0.2, 0) is 44.9 Å². The summed E-state index contributed by atoms with van der Waals surface area (Å²) in [5.74, 6) is 0. The highest BCUT2D eigenvalue weighted by Gasteiger charge is 2.16. The van der Waals surface area contributed by atoms with E-state index in [0.717, 1.165) is 22.3 Å². The Hall–Kier alpha value is -3.16. The molecule has 0 fully saturated rings. The van der Waals surface area contributed by atoms with Crippen LogP contribution < -0.4 is 10.6 Å². The van der Waals surface area contributed by atoms with Crippen LogP contribution >= 0.6 is 0 Å². The molecule has 0 bridgehead atoms. The van der Waals surface area contributed by atoms with E-state index in [2.05, 4.69) is 23.8 Å². The highest BCUT2D eigenvalue weighted by Crippen LogP contribution is 2.22. The number of carbonyl (C=O) groups excluding carboxylic acids is 2. The van der Waals surface area contributed by atoms with Gasteiger partial charge in [0.25, 0.3) is 0 Å². The van der Waals surface area contributed by atoms with Crippen LogP contribution in [0.1, 0.15) is 36.1 Å². The Morgan fingerprint density at radius 2 is 1.37 bits per heavy atom. The number of carbonyl (C=O) groups is 2. The predicted octanol–water partition coefficient (Wildman–Crippen LogP) is 3.58. The van der Waals surface area contributed by atoms with Gasteiger partial charge in [-0.3, -0.25) is 0 Å². The van der Waals surface area contributed by atoms with Crippen molar-refractivity contribution in [1.82, 2.24) is 10.6 Å². The Morgan fingerprint density at radius 1 is 0.833 bits per heavy atom. The molecular formula is C22H32N2O6. The highest BCUT2D eigenvalue weighted by atomic mass is 16.6. The minimum Gasteiger partial charge on any atom is -0.501 e. The van der Waals surface area contributed by atoms with E-state index in [4.69, 9.17) is 18.9 Å². The van der Waals surface area contributed by atoms with Gasteiger partial charge >= 0.3 is 12.2 Å². The average molecular weight is 421 g/mol. The lowest BCUT2D eigenvalue weighted by molar-refractivity contribution is 0.151. The molecule has 0 saturated carbocycles. The maximum Gasteiger partial charge on any atom is 0.407 e. The monoisotopic (exact) mass is 420 g/mol. The second-order valence-corrected chi connectivity index (χ2v) is 6.06. The van der Waals surface area contributed by atoms with Crippen molar-refractivity contribution in [1.29, 1.82) is 0 Å². The third-order valence-electron chi connectivity index (χ3n) is 4.20. The van der Waals surface area contributed by atoms with Crippen molar-refractivity contribution < 1.29 is 28.5 Å². The van der Waals surface area contributed by atoms with Crippen LogP contribution in [0.2, 0.25) is 0 Å². The fourth-order valence-electron chi connectivity index (χ4n) is 2.91. The van der Waals surface area contributed by atoms with Crippen molar-refractivity contribution in [2.75, 3.05) is 26.4 Å². The van der Waals surface area contributed by atoms with Gasteiger partial charge in [0.1, 0.15) is 0 Å². The first kappa shape index (κ1) is 24.9. The lowest BCUT2D eigenvalue weighted by Crippen LogP contribution is -2.27. The quantitative estimate of drug-likeness (QED) is 0.353. The van der Waals surface area contributed by atoms with Crippen molar-refractivity contribution in [2.45, 2.75) is 39.8 Å². The molecule has 0 aliphatic carbocycles. The summed E-state index contributed by atoms with van der Waals surface area (Å²) in [5, 5.41) is 5.52. The van der Waals surface area contributed by atoms with Gasteiger partial charge in [0, 0.05) is 25.9 Å². The Bertz CT molecular complexity index is 705. The zero-order valence-electron chi connectivity index (χ0n) is 17.8. The molecule has 0 unspecified atom stereocenters. The second kappa shape index (κ2) is 14.8. The maximum absolute atomic E-state index is 11.8. The van der Waals surface area contributed by atoms with E-state index >= 15 is 0 Å². The first-order valence-electron chi connectivity index (χ1n) is 9.96. The lowest BCUT2D eigenvalue weighted by atomic mass is 9.92. The van der Waals surface area contributed by atoms with E-state index in [0.29, 0.717) is 32.7 Å². The zero-order chi connectivity index (χ0) is 22.2. The molecule has 30 heavy (non-hydrogen) atoms. The molecule has 0 atom stereocenters. The third kappa shape index (κ3) is 8.89. The number of ether oxygens (including phenoxy) is 4. The molecule has 2 N–H and O–H groups in total. The number of hydrogen-bond donors (Lipinski definition) is 2. The van der Waals surface area contributed by atoms with Gasteiger partial charge in [-0.25, -0.2) is 9.59 Å². The molecule has 0 saturated heterocycles. The SMILES string of the molecule is C=COCCc1ccc(CNC(=O)OCC)c(CCOC=C)c1CNC(=O)OCC. The van der Waals surface area contributed by atoms with Crippen molar-refractivity contribution in [3.05, 3.63) is 60.1 Å².